The maximum atomic E-state index is 9.43. The molecule has 0 atom stereocenters. The van der Waals surface area contributed by atoms with Crippen LogP contribution in [0.4, 0.5) is 5.69 Å². The second kappa shape index (κ2) is 6.23. The molecule has 0 bridgehead atoms. The molecule has 0 saturated heterocycles. The fourth-order valence-corrected chi connectivity index (χ4v) is 2.48. The summed E-state index contributed by atoms with van der Waals surface area (Å²) in [6, 6.07) is 1.93. The Labute approximate surface area is 102 Å². The lowest BCUT2D eigenvalue weighted by Gasteiger charge is -2.29. The summed E-state index contributed by atoms with van der Waals surface area (Å²) in [4.78, 5) is 1.18. The summed E-state index contributed by atoms with van der Waals surface area (Å²) >= 11 is 1.67. The van der Waals surface area contributed by atoms with Gasteiger partial charge in [0.15, 0.2) is 0 Å². The number of thiophene rings is 1. The van der Waals surface area contributed by atoms with Gasteiger partial charge in [-0.15, -0.1) is 11.3 Å². The van der Waals surface area contributed by atoms with Crippen LogP contribution in [0.3, 0.4) is 0 Å². The monoisotopic (exact) mass is 242 g/mol. The van der Waals surface area contributed by atoms with Crippen molar-refractivity contribution in [2.24, 2.45) is 5.41 Å². The zero-order valence-corrected chi connectivity index (χ0v) is 10.9. The Morgan fingerprint density at radius 2 is 2.12 bits per heavy atom. The maximum absolute atomic E-state index is 9.43. The van der Waals surface area contributed by atoms with Crippen molar-refractivity contribution < 1.29 is 5.11 Å². The Kier molecular flexibility index (Phi) is 5.25. The molecular weight excluding hydrogens is 220 g/mol. The van der Waals surface area contributed by atoms with Crippen LogP contribution in [-0.2, 0) is 6.54 Å². The molecular formula is C12H22N2OS. The SMILES string of the molecule is CCC(CC)(CO)CNCc1sccc1N. The number of hydrogen-bond donors (Lipinski definition) is 3. The number of nitrogens with two attached hydrogens (primary N) is 1. The van der Waals surface area contributed by atoms with Gasteiger partial charge in [-0.3, -0.25) is 0 Å². The quantitative estimate of drug-likeness (QED) is 0.687. The van der Waals surface area contributed by atoms with Crippen LogP contribution in [0.25, 0.3) is 0 Å². The van der Waals surface area contributed by atoms with E-state index < -0.39 is 0 Å². The molecule has 0 aliphatic rings. The second-order valence-corrected chi connectivity index (χ2v) is 5.27. The van der Waals surface area contributed by atoms with E-state index in [1.165, 1.54) is 4.88 Å². The van der Waals surface area contributed by atoms with Crippen molar-refractivity contribution >= 4 is 17.0 Å². The minimum absolute atomic E-state index is 0.0199. The molecule has 3 nitrogen and oxygen atoms in total. The van der Waals surface area contributed by atoms with Gasteiger partial charge in [0.2, 0.25) is 0 Å². The minimum atomic E-state index is 0.0199. The Bertz CT molecular complexity index is 299. The molecule has 4 heteroatoms. The molecule has 0 radical (unpaired) electrons. The van der Waals surface area contributed by atoms with Crippen molar-refractivity contribution in [3.05, 3.63) is 16.3 Å². The zero-order chi connectivity index (χ0) is 12.0. The molecule has 1 aromatic rings. The van der Waals surface area contributed by atoms with E-state index in [-0.39, 0.29) is 12.0 Å². The summed E-state index contributed by atoms with van der Waals surface area (Å²) in [5.41, 5.74) is 6.69. The average molecular weight is 242 g/mol. The van der Waals surface area contributed by atoms with E-state index in [1.807, 2.05) is 11.4 Å². The van der Waals surface area contributed by atoms with Gasteiger partial charge in [-0.05, 0) is 24.3 Å². The van der Waals surface area contributed by atoms with Gasteiger partial charge in [0.25, 0.3) is 0 Å². The van der Waals surface area contributed by atoms with E-state index in [4.69, 9.17) is 5.73 Å². The van der Waals surface area contributed by atoms with Crippen LogP contribution >= 0.6 is 11.3 Å². The molecule has 0 aliphatic carbocycles. The molecule has 1 heterocycles. The van der Waals surface area contributed by atoms with Crippen molar-refractivity contribution in [1.29, 1.82) is 0 Å². The predicted molar refractivity (Wildman–Crippen MR) is 70.5 cm³/mol. The summed E-state index contributed by atoms with van der Waals surface area (Å²) in [6.45, 7) is 6.13. The largest absolute Gasteiger partial charge is 0.398 e. The highest BCUT2D eigenvalue weighted by Gasteiger charge is 2.24. The van der Waals surface area contributed by atoms with Gasteiger partial charge in [0.1, 0.15) is 0 Å². The van der Waals surface area contributed by atoms with Gasteiger partial charge in [-0.1, -0.05) is 13.8 Å². The van der Waals surface area contributed by atoms with E-state index >= 15 is 0 Å². The number of nitrogen functional groups attached to an aromatic ring is 1. The highest BCUT2D eigenvalue weighted by atomic mass is 32.1. The molecule has 0 aromatic carbocycles. The molecule has 16 heavy (non-hydrogen) atoms. The molecule has 1 aromatic heterocycles. The molecule has 0 unspecified atom stereocenters. The molecule has 0 aliphatic heterocycles. The van der Waals surface area contributed by atoms with E-state index in [2.05, 4.69) is 19.2 Å². The van der Waals surface area contributed by atoms with Gasteiger partial charge >= 0.3 is 0 Å². The summed E-state index contributed by atoms with van der Waals surface area (Å²) in [5.74, 6) is 0. The smallest absolute Gasteiger partial charge is 0.0499 e. The fraction of sp³-hybridized carbons (Fsp3) is 0.667. The van der Waals surface area contributed by atoms with Crippen LogP contribution in [0.1, 0.15) is 31.6 Å². The van der Waals surface area contributed by atoms with Gasteiger partial charge in [-0.25, -0.2) is 0 Å². The summed E-state index contributed by atoms with van der Waals surface area (Å²) in [5, 5.41) is 14.8. The first-order chi connectivity index (χ1) is 7.67. The number of aliphatic hydroxyl groups is 1. The topological polar surface area (TPSA) is 58.3 Å². The molecule has 0 fully saturated rings. The van der Waals surface area contributed by atoms with Crippen LogP contribution in [0.2, 0.25) is 0 Å². The van der Waals surface area contributed by atoms with E-state index in [0.717, 1.165) is 31.6 Å². The van der Waals surface area contributed by atoms with Gasteiger partial charge in [-0.2, -0.15) is 0 Å². The molecule has 0 saturated carbocycles. The molecule has 1 rings (SSSR count). The Hall–Kier alpha value is -0.580. The highest BCUT2D eigenvalue weighted by molar-refractivity contribution is 7.10. The number of nitrogens with one attached hydrogen (secondary N) is 1. The van der Waals surface area contributed by atoms with Gasteiger partial charge < -0.3 is 16.2 Å². The van der Waals surface area contributed by atoms with Crippen LogP contribution in [-0.4, -0.2) is 18.3 Å². The van der Waals surface area contributed by atoms with Crippen molar-refractivity contribution in [3.63, 3.8) is 0 Å². The summed E-state index contributed by atoms with van der Waals surface area (Å²) in [7, 11) is 0. The van der Waals surface area contributed by atoms with Crippen LogP contribution in [0, 0.1) is 5.41 Å². The zero-order valence-electron chi connectivity index (χ0n) is 10.1. The molecule has 0 spiro atoms. The fourth-order valence-electron chi connectivity index (χ4n) is 1.71. The average Bonchev–Trinajstić information content (AvgIpc) is 2.71. The normalized spacial score (nSPS) is 11.9. The Balaban J connectivity index is 2.42. The standard InChI is InChI=1S/C12H22N2OS/c1-3-12(4-2,9-15)8-14-7-11-10(13)5-6-16-11/h5-6,14-15H,3-4,7-9,13H2,1-2H3. The lowest BCUT2D eigenvalue weighted by molar-refractivity contribution is 0.113. The van der Waals surface area contributed by atoms with Crippen molar-refractivity contribution in [1.82, 2.24) is 5.32 Å². The van der Waals surface area contributed by atoms with Crippen LogP contribution < -0.4 is 11.1 Å². The van der Waals surface area contributed by atoms with Crippen LogP contribution in [0.5, 0.6) is 0 Å². The lowest BCUT2D eigenvalue weighted by Crippen LogP contribution is -2.36. The minimum Gasteiger partial charge on any atom is -0.398 e. The van der Waals surface area contributed by atoms with Crippen LogP contribution in [0.15, 0.2) is 11.4 Å². The van der Waals surface area contributed by atoms with Crippen molar-refractivity contribution in [3.8, 4) is 0 Å². The number of anilines is 1. The molecule has 4 N–H and O–H groups in total. The first kappa shape index (κ1) is 13.5. The third kappa shape index (κ3) is 3.20. The Morgan fingerprint density at radius 3 is 2.56 bits per heavy atom. The van der Waals surface area contributed by atoms with Gasteiger partial charge in [0, 0.05) is 35.7 Å². The lowest BCUT2D eigenvalue weighted by atomic mass is 9.83. The van der Waals surface area contributed by atoms with Crippen molar-refractivity contribution in [2.45, 2.75) is 33.2 Å². The molecule has 92 valence electrons. The number of rotatable bonds is 7. The summed E-state index contributed by atoms with van der Waals surface area (Å²) < 4.78 is 0. The second-order valence-electron chi connectivity index (χ2n) is 4.27. The predicted octanol–water partition coefficient (Wildman–Crippen LogP) is 2.22. The highest BCUT2D eigenvalue weighted by Crippen LogP contribution is 2.25. The number of aliphatic hydroxyl groups excluding tert-OH is 1. The third-order valence-corrected chi connectivity index (χ3v) is 4.34. The van der Waals surface area contributed by atoms with E-state index in [0.29, 0.717) is 0 Å². The molecule has 0 amide bonds. The third-order valence-electron chi connectivity index (χ3n) is 3.40. The summed E-state index contributed by atoms with van der Waals surface area (Å²) in [6.07, 6.45) is 1.99. The Morgan fingerprint density at radius 1 is 1.44 bits per heavy atom. The van der Waals surface area contributed by atoms with Crippen molar-refractivity contribution in [2.75, 3.05) is 18.9 Å². The number of hydrogen-bond acceptors (Lipinski definition) is 4. The first-order valence-electron chi connectivity index (χ1n) is 5.81. The maximum Gasteiger partial charge on any atom is 0.0499 e. The first-order valence-corrected chi connectivity index (χ1v) is 6.69. The van der Waals surface area contributed by atoms with E-state index in [1.54, 1.807) is 11.3 Å². The van der Waals surface area contributed by atoms with E-state index in [9.17, 15) is 5.11 Å². The van der Waals surface area contributed by atoms with Gasteiger partial charge in [0.05, 0.1) is 0 Å².